The average molecular weight is 243 g/mol. The van der Waals surface area contributed by atoms with Crippen LogP contribution >= 0.6 is 0 Å². The third-order valence-corrected chi connectivity index (χ3v) is 4.33. The second-order valence-electron chi connectivity index (χ2n) is 3.49. The first-order valence-electron chi connectivity index (χ1n) is 5.17. The lowest BCUT2D eigenvalue weighted by Gasteiger charge is -2.14. The molecule has 90 valence electrons. The van der Waals surface area contributed by atoms with Gasteiger partial charge in [0.25, 0.3) is 0 Å². The molecule has 3 N–H and O–H groups in total. The Morgan fingerprint density at radius 1 is 1.44 bits per heavy atom. The van der Waals surface area contributed by atoms with Gasteiger partial charge in [-0.3, -0.25) is 4.98 Å². The zero-order valence-corrected chi connectivity index (χ0v) is 10.1. The Labute approximate surface area is 96.1 Å². The smallest absolute Gasteiger partial charge is 0.216 e. The molecule has 1 heterocycles. The summed E-state index contributed by atoms with van der Waals surface area (Å²) in [6, 6.07) is 3.54. The maximum Gasteiger partial charge on any atom is 0.216 e. The minimum atomic E-state index is -3.32. The first kappa shape index (κ1) is 13.1. The van der Waals surface area contributed by atoms with Crippen LogP contribution in [0.4, 0.5) is 0 Å². The van der Waals surface area contributed by atoms with Crippen molar-refractivity contribution in [3.8, 4) is 0 Å². The maximum atomic E-state index is 11.8. The number of aromatic nitrogens is 1. The minimum absolute atomic E-state index is 0.141. The molecule has 1 rings (SSSR count). The number of nitrogens with two attached hydrogens (primary N) is 1. The largest absolute Gasteiger partial charge is 0.329 e. The monoisotopic (exact) mass is 243 g/mol. The number of rotatable bonds is 6. The van der Waals surface area contributed by atoms with Crippen LogP contribution in [0.1, 0.15) is 18.9 Å². The fourth-order valence-corrected chi connectivity index (χ4v) is 2.61. The molecule has 1 atom stereocenters. The van der Waals surface area contributed by atoms with Crippen LogP contribution in [0.3, 0.4) is 0 Å². The Hall–Kier alpha value is -0.980. The Morgan fingerprint density at radius 2 is 2.06 bits per heavy atom. The third-order valence-electron chi connectivity index (χ3n) is 2.38. The van der Waals surface area contributed by atoms with Gasteiger partial charge in [-0.15, -0.1) is 0 Å². The fraction of sp³-hybridized carbons (Fsp3) is 0.500. The van der Waals surface area contributed by atoms with E-state index in [1.807, 2.05) is 6.92 Å². The summed E-state index contributed by atoms with van der Waals surface area (Å²) in [5.74, 6) is 0. The molecule has 0 aliphatic heterocycles. The second-order valence-corrected chi connectivity index (χ2v) is 5.53. The summed E-state index contributed by atoms with van der Waals surface area (Å²) >= 11 is 0. The number of hydrogen-bond acceptors (Lipinski definition) is 4. The molecule has 1 unspecified atom stereocenters. The molecule has 5 nitrogen and oxygen atoms in total. The number of hydrogen-bond donors (Lipinski definition) is 2. The second kappa shape index (κ2) is 5.93. The van der Waals surface area contributed by atoms with Crippen LogP contribution in [-0.4, -0.2) is 25.2 Å². The molecule has 0 saturated heterocycles. The van der Waals surface area contributed by atoms with Crippen molar-refractivity contribution in [2.45, 2.75) is 25.1 Å². The normalized spacial score (nSPS) is 13.6. The first-order chi connectivity index (χ1) is 7.60. The number of nitrogens with zero attached hydrogens (tertiary/aromatic N) is 1. The van der Waals surface area contributed by atoms with Gasteiger partial charge >= 0.3 is 0 Å². The Balaban J connectivity index is 2.61. The number of sulfonamides is 1. The molecular formula is C10H17N3O2S. The van der Waals surface area contributed by atoms with Gasteiger partial charge in [-0.2, -0.15) is 0 Å². The van der Waals surface area contributed by atoms with Gasteiger partial charge in [-0.1, -0.05) is 6.92 Å². The molecular weight excluding hydrogens is 226 g/mol. The van der Waals surface area contributed by atoms with E-state index in [9.17, 15) is 8.42 Å². The maximum absolute atomic E-state index is 11.8. The highest BCUT2D eigenvalue weighted by Crippen LogP contribution is 2.04. The van der Waals surface area contributed by atoms with Crippen molar-refractivity contribution in [2.24, 2.45) is 5.73 Å². The molecule has 0 aliphatic carbocycles. The van der Waals surface area contributed by atoms with Crippen molar-refractivity contribution >= 4 is 10.0 Å². The summed E-state index contributed by atoms with van der Waals surface area (Å²) < 4.78 is 26.1. The van der Waals surface area contributed by atoms with Crippen molar-refractivity contribution < 1.29 is 8.42 Å². The number of pyridine rings is 1. The van der Waals surface area contributed by atoms with E-state index in [4.69, 9.17) is 5.73 Å². The minimum Gasteiger partial charge on any atom is -0.329 e. The Morgan fingerprint density at radius 3 is 2.56 bits per heavy atom. The molecule has 0 amide bonds. The van der Waals surface area contributed by atoms with E-state index in [-0.39, 0.29) is 13.1 Å². The average Bonchev–Trinajstić information content (AvgIpc) is 2.29. The van der Waals surface area contributed by atoms with Gasteiger partial charge in [0.1, 0.15) is 0 Å². The van der Waals surface area contributed by atoms with E-state index in [0.29, 0.717) is 6.42 Å². The lowest BCUT2D eigenvalue weighted by molar-refractivity contribution is 0.561. The highest BCUT2D eigenvalue weighted by atomic mass is 32.2. The highest BCUT2D eigenvalue weighted by molar-refractivity contribution is 7.90. The van der Waals surface area contributed by atoms with E-state index in [0.717, 1.165) is 5.56 Å². The lowest BCUT2D eigenvalue weighted by atomic mass is 10.3. The van der Waals surface area contributed by atoms with E-state index in [2.05, 4.69) is 9.71 Å². The molecule has 0 aromatic carbocycles. The van der Waals surface area contributed by atoms with Crippen molar-refractivity contribution in [1.29, 1.82) is 0 Å². The molecule has 0 spiro atoms. The van der Waals surface area contributed by atoms with E-state index in [1.54, 1.807) is 24.5 Å². The molecule has 16 heavy (non-hydrogen) atoms. The van der Waals surface area contributed by atoms with Crippen molar-refractivity contribution in [1.82, 2.24) is 9.71 Å². The Kier molecular flexibility index (Phi) is 4.85. The van der Waals surface area contributed by atoms with Crippen LogP contribution in [0.2, 0.25) is 0 Å². The molecule has 0 saturated carbocycles. The SMILES string of the molecule is CCC(CN)S(=O)(=O)NCc1ccncc1. The number of nitrogens with one attached hydrogen (secondary N) is 1. The van der Waals surface area contributed by atoms with Crippen molar-refractivity contribution in [3.05, 3.63) is 30.1 Å². The van der Waals surface area contributed by atoms with Gasteiger partial charge in [0.15, 0.2) is 0 Å². The van der Waals surface area contributed by atoms with Crippen LogP contribution < -0.4 is 10.5 Å². The van der Waals surface area contributed by atoms with Crippen LogP contribution in [-0.2, 0) is 16.6 Å². The Bertz CT molecular complexity index is 401. The topological polar surface area (TPSA) is 85.1 Å². The van der Waals surface area contributed by atoms with Crippen molar-refractivity contribution in [2.75, 3.05) is 6.54 Å². The van der Waals surface area contributed by atoms with E-state index in [1.165, 1.54) is 0 Å². The van der Waals surface area contributed by atoms with E-state index < -0.39 is 15.3 Å². The molecule has 0 radical (unpaired) electrons. The summed E-state index contributed by atoms with van der Waals surface area (Å²) in [6.45, 7) is 2.23. The summed E-state index contributed by atoms with van der Waals surface area (Å²) in [7, 11) is -3.32. The predicted octanol–water partition coefficient (Wildman–Crippen LogP) is 0.238. The molecule has 1 aromatic rings. The molecule has 1 aromatic heterocycles. The van der Waals surface area contributed by atoms with Crippen molar-refractivity contribution in [3.63, 3.8) is 0 Å². The van der Waals surface area contributed by atoms with Gasteiger partial charge in [-0.05, 0) is 24.1 Å². The first-order valence-corrected chi connectivity index (χ1v) is 6.72. The summed E-state index contributed by atoms with van der Waals surface area (Å²) in [4.78, 5) is 3.86. The standard InChI is InChI=1S/C10H17N3O2S/c1-2-10(7-11)16(14,15)13-8-9-3-5-12-6-4-9/h3-6,10,13H,2,7-8,11H2,1H3. The zero-order valence-electron chi connectivity index (χ0n) is 9.26. The summed E-state index contributed by atoms with van der Waals surface area (Å²) in [5, 5.41) is -0.519. The lowest BCUT2D eigenvalue weighted by Crippen LogP contribution is -2.38. The highest BCUT2D eigenvalue weighted by Gasteiger charge is 2.21. The summed E-state index contributed by atoms with van der Waals surface area (Å²) in [6.07, 6.45) is 3.77. The van der Waals surface area contributed by atoms with Gasteiger partial charge in [0.05, 0.1) is 5.25 Å². The predicted molar refractivity (Wildman–Crippen MR) is 63.1 cm³/mol. The van der Waals surface area contributed by atoms with Crippen LogP contribution in [0.5, 0.6) is 0 Å². The summed E-state index contributed by atoms with van der Waals surface area (Å²) in [5.41, 5.74) is 6.29. The van der Waals surface area contributed by atoms with Crippen LogP contribution in [0.25, 0.3) is 0 Å². The van der Waals surface area contributed by atoms with Gasteiger partial charge in [-0.25, -0.2) is 13.1 Å². The van der Waals surface area contributed by atoms with E-state index >= 15 is 0 Å². The quantitative estimate of drug-likeness (QED) is 0.749. The van der Waals surface area contributed by atoms with Gasteiger partial charge in [0.2, 0.25) is 10.0 Å². The molecule has 0 bridgehead atoms. The third kappa shape index (κ3) is 3.55. The zero-order chi connectivity index (χ0) is 12.0. The molecule has 6 heteroatoms. The van der Waals surface area contributed by atoms with Crippen LogP contribution in [0.15, 0.2) is 24.5 Å². The van der Waals surface area contributed by atoms with Gasteiger partial charge in [0, 0.05) is 25.5 Å². The van der Waals surface area contributed by atoms with Gasteiger partial charge < -0.3 is 5.73 Å². The molecule has 0 aliphatic rings. The fourth-order valence-electron chi connectivity index (χ4n) is 1.32. The van der Waals surface area contributed by atoms with Crippen LogP contribution in [0, 0.1) is 0 Å². The molecule has 0 fully saturated rings.